The summed E-state index contributed by atoms with van der Waals surface area (Å²) >= 11 is 4.70. The van der Waals surface area contributed by atoms with Gasteiger partial charge < -0.3 is 5.73 Å². The fraction of sp³-hybridized carbons (Fsp3) is 0.300. The van der Waals surface area contributed by atoms with Crippen LogP contribution in [0, 0.1) is 6.92 Å². The number of nitrogens with zero attached hydrogens (tertiary/aromatic N) is 1. The first-order valence-corrected chi connectivity index (χ1v) is 6.51. The van der Waals surface area contributed by atoms with E-state index in [9.17, 15) is 8.42 Å². The van der Waals surface area contributed by atoms with Crippen LogP contribution in [0.3, 0.4) is 0 Å². The van der Waals surface area contributed by atoms with Gasteiger partial charge in [0.1, 0.15) is 0 Å². The monoisotopic (exact) mass is 258 g/mol. The standard InChI is InChI=1S/C10H14N2O2S2/c1-8-5-3-4-6-9(8)16(13,14)12(2)7-10(11)15/h3-6H,7H2,1-2H3,(H2,11,15). The van der Waals surface area contributed by atoms with Crippen molar-refractivity contribution in [2.45, 2.75) is 11.8 Å². The van der Waals surface area contributed by atoms with Crippen molar-refractivity contribution in [1.82, 2.24) is 4.31 Å². The predicted molar refractivity (Wildman–Crippen MR) is 67.8 cm³/mol. The summed E-state index contributed by atoms with van der Waals surface area (Å²) in [4.78, 5) is 0.438. The molecule has 2 N–H and O–H groups in total. The van der Waals surface area contributed by atoms with Gasteiger partial charge in [-0.05, 0) is 18.6 Å². The summed E-state index contributed by atoms with van der Waals surface area (Å²) in [6, 6.07) is 6.80. The summed E-state index contributed by atoms with van der Waals surface area (Å²) in [5, 5.41) is 0. The van der Waals surface area contributed by atoms with Crippen molar-refractivity contribution in [3.63, 3.8) is 0 Å². The molecule has 0 fully saturated rings. The van der Waals surface area contributed by atoms with Crippen molar-refractivity contribution < 1.29 is 8.42 Å². The van der Waals surface area contributed by atoms with Crippen LogP contribution in [0.5, 0.6) is 0 Å². The number of sulfonamides is 1. The highest BCUT2D eigenvalue weighted by atomic mass is 32.2. The minimum atomic E-state index is -3.50. The van der Waals surface area contributed by atoms with Crippen molar-refractivity contribution in [3.8, 4) is 0 Å². The number of nitrogens with two attached hydrogens (primary N) is 1. The van der Waals surface area contributed by atoms with Crippen LogP contribution in [-0.2, 0) is 10.0 Å². The first-order valence-electron chi connectivity index (χ1n) is 4.66. The lowest BCUT2D eigenvalue weighted by atomic mass is 10.2. The quantitative estimate of drug-likeness (QED) is 0.815. The second-order valence-corrected chi connectivity index (χ2v) is 6.03. The minimum absolute atomic E-state index is 0.0476. The largest absolute Gasteiger partial charge is 0.392 e. The fourth-order valence-corrected chi connectivity index (χ4v) is 2.96. The third kappa shape index (κ3) is 2.78. The van der Waals surface area contributed by atoms with Gasteiger partial charge >= 0.3 is 0 Å². The number of aryl methyl sites for hydroxylation is 1. The van der Waals surface area contributed by atoms with Crippen molar-refractivity contribution in [2.75, 3.05) is 13.6 Å². The van der Waals surface area contributed by atoms with Gasteiger partial charge in [-0.1, -0.05) is 30.4 Å². The molecule has 0 unspecified atom stereocenters. The molecule has 88 valence electrons. The molecule has 0 aromatic heterocycles. The Balaban J connectivity index is 3.12. The molecule has 16 heavy (non-hydrogen) atoms. The molecule has 0 spiro atoms. The lowest BCUT2D eigenvalue weighted by molar-refractivity contribution is 0.505. The number of likely N-dealkylation sites (N-methyl/N-ethyl adjacent to an activating group) is 1. The zero-order valence-electron chi connectivity index (χ0n) is 9.17. The van der Waals surface area contributed by atoms with Gasteiger partial charge in [0.2, 0.25) is 10.0 Å². The first kappa shape index (κ1) is 13.1. The predicted octanol–water partition coefficient (Wildman–Crippen LogP) is 0.902. The summed E-state index contributed by atoms with van der Waals surface area (Å²) in [5.74, 6) is 0. The SMILES string of the molecule is Cc1ccccc1S(=O)(=O)N(C)CC(N)=S. The zero-order chi connectivity index (χ0) is 12.3. The molecule has 0 aliphatic carbocycles. The van der Waals surface area contributed by atoms with E-state index < -0.39 is 10.0 Å². The van der Waals surface area contributed by atoms with Gasteiger partial charge in [-0.25, -0.2) is 8.42 Å². The molecule has 0 bridgehead atoms. The Kier molecular flexibility index (Phi) is 4.01. The van der Waals surface area contributed by atoms with Crippen LogP contribution in [0.4, 0.5) is 0 Å². The van der Waals surface area contributed by atoms with E-state index in [-0.39, 0.29) is 16.4 Å². The van der Waals surface area contributed by atoms with Crippen LogP contribution in [0.25, 0.3) is 0 Å². The van der Waals surface area contributed by atoms with Gasteiger partial charge in [0, 0.05) is 7.05 Å². The Labute approximate surface area is 101 Å². The molecule has 0 saturated carbocycles. The second kappa shape index (κ2) is 4.90. The van der Waals surface area contributed by atoms with E-state index in [1.165, 1.54) is 7.05 Å². The van der Waals surface area contributed by atoms with E-state index in [1.807, 2.05) is 0 Å². The van der Waals surface area contributed by atoms with Crippen LogP contribution in [0.2, 0.25) is 0 Å². The molecule has 0 aliphatic rings. The Hall–Kier alpha value is -0.980. The second-order valence-electron chi connectivity index (χ2n) is 3.49. The maximum absolute atomic E-state index is 12.1. The minimum Gasteiger partial charge on any atom is -0.392 e. The highest BCUT2D eigenvalue weighted by Crippen LogP contribution is 2.17. The molecule has 1 rings (SSSR count). The Morgan fingerprint density at radius 2 is 2.00 bits per heavy atom. The first-order chi connectivity index (χ1) is 7.35. The number of hydrogen-bond donors (Lipinski definition) is 1. The third-order valence-electron chi connectivity index (χ3n) is 2.16. The van der Waals surface area contributed by atoms with E-state index >= 15 is 0 Å². The number of benzene rings is 1. The highest BCUT2D eigenvalue weighted by molar-refractivity contribution is 7.89. The van der Waals surface area contributed by atoms with Gasteiger partial charge in [0.05, 0.1) is 16.4 Å². The molecule has 4 nitrogen and oxygen atoms in total. The zero-order valence-corrected chi connectivity index (χ0v) is 10.8. The number of rotatable bonds is 4. The molecule has 6 heteroatoms. The molecule has 0 saturated heterocycles. The molecule has 0 atom stereocenters. The van der Waals surface area contributed by atoms with Crippen molar-refractivity contribution >= 4 is 27.2 Å². The average molecular weight is 258 g/mol. The van der Waals surface area contributed by atoms with Gasteiger partial charge in [0.15, 0.2) is 0 Å². The smallest absolute Gasteiger partial charge is 0.243 e. The molecule has 0 aliphatic heterocycles. The Morgan fingerprint density at radius 1 is 1.44 bits per heavy atom. The Morgan fingerprint density at radius 3 is 2.50 bits per heavy atom. The topological polar surface area (TPSA) is 63.4 Å². The molecule has 0 amide bonds. The summed E-state index contributed by atoms with van der Waals surface area (Å²) in [7, 11) is -2.04. The highest BCUT2D eigenvalue weighted by Gasteiger charge is 2.22. The summed E-state index contributed by atoms with van der Waals surface area (Å²) in [6.07, 6.45) is 0. The van der Waals surface area contributed by atoms with Gasteiger partial charge in [-0.3, -0.25) is 0 Å². The number of hydrogen-bond acceptors (Lipinski definition) is 3. The molecule has 0 radical (unpaired) electrons. The number of thiocarbonyl (C=S) groups is 1. The van der Waals surface area contributed by atoms with Crippen LogP contribution in [0.1, 0.15) is 5.56 Å². The lowest BCUT2D eigenvalue weighted by Crippen LogP contribution is -2.34. The van der Waals surface area contributed by atoms with E-state index in [2.05, 4.69) is 0 Å². The summed E-state index contributed by atoms with van der Waals surface area (Å²) in [6.45, 7) is 1.80. The van der Waals surface area contributed by atoms with Gasteiger partial charge in [-0.2, -0.15) is 4.31 Å². The van der Waals surface area contributed by atoms with Gasteiger partial charge in [-0.15, -0.1) is 0 Å². The maximum atomic E-state index is 12.1. The molecular weight excluding hydrogens is 244 g/mol. The van der Waals surface area contributed by atoms with Crippen LogP contribution < -0.4 is 5.73 Å². The van der Waals surface area contributed by atoms with Crippen LogP contribution in [0.15, 0.2) is 29.2 Å². The van der Waals surface area contributed by atoms with E-state index in [0.29, 0.717) is 5.56 Å². The van der Waals surface area contributed by atoms with Gasteiger partial charge in [0.25, 0.3) is 0 Å². The van der Waals surface area contributed by atoms with Crippen molar-refractivity contribution in [3.05, 3.63) is 29.8 Å². The van der Waals surface area contributed by atoms with Crippen molar-refractivity contribution in [2.24, 2.45) is 5.73 Å². The third-order valence-corrected chi connectivity index (χ3v) is 4.25. The lowest BCUT2D eigenvalue weighted by Gasteiger charge is -2.17. The van der Waals surface area contributed by atoms with E-state index in [0.717, 1.165) is 4.31 Å². The molecule has 1 aromatic carbocycles. The normalized spacial score (nSPS) is 11.7. The molecular formula is C10H14N2O2S2. The fourth-order valence-electron chi connectivity index (χ4n) is 1.32. The van der Waals surface area contributed by atoms with Crippen LogP contribution in [-0.4, -0.2) is 31.3 Å². The summed E-state index contributed by atoms with van der Waals surface area (Å²) in [5.41, 5.74) is 6.04. The van der Waals surface area contributed by atoms with E-state index in [4.69, 9.17) is 18.0 Å². The average Bonchev–Trinajstić information content (AvgIpc) is 2.16. The van der Waals surface area contributed by atoms with Crippen molar-refractivity contribution in [1.29, 1.82) is 0 Å². The summed E-state index contributed by atoms with van der Waals surface area (Å²) < 4.78 is 25.3. The van der Waals surface area contributed by atoms with Crippen LogP contribution >= 0.6 is 12.2 Å². The molecule has 1 aromatic rings. The maximum Gasteiger partial charge on any atom is 0.243 e. The Bertz CT molecular complexity index is 497. The van der Waals surface area contributed by atoms with E-state index in [1.54, 1.807) is 31.2 Å². The molecule has 0 heterocycles.